The molecule has 0 spiro atoms. The van der Waals surface area contributed by atoms with Crippen molar-refractivity contribution in [3.05, 3.63) is 36.0 Å². The van der Waals surface area contributed by atoms with Gasteiger partial charge in [-0.05, 0) is 18.9 Å². The van der Waals surface area contributed by atoms with E-state index in [2.05, 4.69) is 4.98 Å². The maximum absolute atomic E-state index is 11.7. The van der Waals surface area contributed by atoms with Gasteiger partial charge in [0, 0.05) is 29.2 Å². The number of hydrogen-bond donors (Lipinski definition) is 3. The predicted octanol–water partition coefficient (Wildman–Crippen LogP) is 1.84. The molecule has 1 aliphatic heterocycles. The van der Waals surface area contributed by atoms with Crippen molar-refractivity contribution in [1.82, 2.24) is 9.88 Å². The van der Waals surface area contributed by atoms with Crippen LogP contribution < -0.4 is 0 Å². The topological polar surface area (TPSA) is 93.6 Å². The largest absolute Gasteiger partial charge is 0.480 e. The molecule has 3 rings (SSSR count). The summed E-state index contributed by atoms with van der Waals surface area (Å²) >= 11 is 0. The van der Waals surface area contributed by atoms with Crippen LogP contribution in [0.5, 0.6) is 0 Å². The molecule has 110 valence electrons. The Morgan fingerprint density at radius 3 is 2.76 bits per heavy atom. The number of aliphatic carboxylic acids is 2. The molecule has 2 atom stereocenters. The summed E-state index contributed by atoms with van der Waals surface area (Å²) in [5.41, 5.74) is 1.47. The summed E-state index contributed by atoms with van der Waals surface area (Å²) in [4.78, 5) is 27.7. The van der Waals surface area contributed by atoms with Crippen LogP contribution in [0.1, 0.15) is 24.4 Å². The van der Waals surface area contributed by atoms with Gasteiger partial charge in [-0.1, -0.05) is 18.2 Å². The smallest absolute Gasteiger partial charge is 0.325 e. The fraction of sp³-hybridized carbons (Fsp3) is 0.333. The van der Waals surface area contributed by atoms with Crippen LogP contribution in [0.4, 0.5) is 0 Å². The Kier molecular flexibility index (Phi) is 3.39. The van der Waals surface area contributed by atoms with Gasteiger partial charge < -0.3 is 15.2 Å². The lowest BCUT2D eigenvalue weighted by molar-refractivity contribution is -0.149. The molecule has 0 amide bonds. The van der Waals surface area contributed by atoms with Gasteiger partial charge in [-0.2, -0.15) is 0 Å². The van der Waals surface area contributed by atoms with E-state index in [0.29, 0.717) is 24.9 Å². The quantitative estimate of drug-likeness (QED) is 0.798. The van der Waals surface area contributed by atoms with E-state index in [1.807, 2.05) is 24.3 Å². The Bertz CT molecular complexity index is 694. The normalized spacial score (nSPS) is 20.7. The number of nitrogens with zero attached hydrogens (tertiary/aromatic N) is 1. The van der Waals surface area contributed by atoms with Crippen molar-refractivity contribution in [2.45, 2.75) is 24.9 Å². The molecule has 0 radical (unpaired) electrons. The molecule has 6 nitrogen and oxygen atoms in total. The first-order valence-electron chi connectivity index (χ1n) is 6.87. The second-order valence-corrected chi connectivity index (χ2v) is 5.26. The summed E-state index contributed by atoms with van der Waals surface area (Å²) in [6.45, 7) is 0.480. The van der Waals surface area contributed by atoms with E-state index >= 15 is 0 Å². The van der Waals surface area contributed by atoms with Crippen molar-refractivity contribution in [3.63, 3.8) is 0 Å². The van der Waals surface area contributed by atoms with Crippen LogP contribution in [-0.4, -0.2) is 44.6 Å². The molecular formula is C15H16N2O4. The van der Waals surface area contributed by atoms with Crippen LogP contribution in [0.25, 0.3) is 10.9 Å². The maximum Gasteiger partial charge on any atom is 0.325 e. The Hall–Kier alpha value is -2.34. The minimum atomic E-state index is -1.02. The number of carboxylic acid groups (broad SMARTS) is 2. The number of H-pyrrole nitrogens is 1. The second kappa shape index (κ2) is 5.21. The predicted molar refractivity (Wildman–Crippen MR) is 76.0 cm³/mol. The van der Waals surface area contributed by atoms with E-state index in [1.165, 1.54) is 0 Å². The van der Waals surface area contributed by atoms with Gasteiger partial charge in [0.15, 0.2) is 0 Å². The van der Waals surface area contributed by atoms with Crippen molar-refractivity contribution < 1.29 is 19.8 Å². The Labute approximate surface area is 121 Å². The van der Waals surface area contributed by atoms with Gasteiger partial charge >= 0.3 is 11.9 Å². The molecule has 6 heteroatoms. The van der Waals surface area contributed by atoms with Crippen molar-refractivity contribution >= 4 is 22.8 Å². The van der Waals surface area contributed by atoms with Gasteiger partial charge in [0.05, 0.1) is 0 Å². The summed E-state index contributed by atoms with van der Waals surface area (Å²) in [6, 6.07) is 5.76. The Morgan fingerprint density at radius 2 is 2.05 bits per heavy atom. The molecule has 1 aromatic carbocycles. The van der Waals surface area contributed by atoms with Gasteiger partial charge in [-0.15, -0.1) is 0 Å². The fourth-order valence-corrected chi connectivity index (χ4v) is 3.14. The van der Waals surface area contributed by atoms with Crippen molar-refractivity contribution in [1.29, 1.82) is 0 Å². The molecule has 1 aromatic heterocycles. The fourth-order valence-electron chi connectivity index (χ4n) is 3.14. The van der Waals surface area contributed by atoms with Crippen LogP contribution >= 0.6 is 0 Å². The zero-order valence-corrected chi connectivity index (χ0v) is 11.3. The monoisotopic (exact) mass is 288 g/mol. The van der Waals surface area contributed by atoms with E-state index in [1.54, 1.807) is 11.1 Å². The average molecular weight is 288 g/mol. The minimum absolute atomic E-state index is 0.480. The number of carboxylic acids is 2. The molecule has 3 N–H and O–H groups in total. The van der Waals surface area contributed by atoms with E-state index in [4.69, 9.17) is 0 Å². The van der Waals surface area contributed by atoms with Crippen LogP contribution in [0.3, 0.4) is 0 Å². The van der Waals surface area contributed by atoms with Crippen molar-refractivity contribution in [3.8, 4) is 0 Å². The summed E-state index contributed by atoms with van der Waals surface area (Å²) in [7, 11) is 0. The van der Waals surface area contributed by atoms with Crippen LogP contribution in [0.15, 0.2) is 30.5 Å². The highest BCUT2D eigenvalue weighted by atomic mass is 16.4. The van der Waals surface area contributed by atoms with Crippen LogP contribution in [-0.2, 0) is 9.59 Å². The molecule has 21 heavy (non-hydrogen) atoms. The molecule has 1 unspecified atom stereocenters. The number of fused-ring (bicyclic) bond motifs is 1. The number of carbonyl (C=O) groups is 2. The zero-order valence-electron chi connectivity index (χ0n) is 11.3. The SMILES string of the molecule is O=C(O)C(c1c[nH]c2ccccc12)N1CCC[C@H]1C(=O)O. The summed E-state index contributed by atoms with van der Waals surface area (Å²) in [6.07, 6.45) is 2.85. The van der Waals surface area contributed by atoms with E-state index < -0.39 is 24.0 Å². The molecule has 0 bridgehead atoms. The van der Waals surface area contributed by atoms with Crippen LogP contribution in [0.2, 0.25) is 0 Å². The lowest BCUT2D eigenvalue weighted by Crippen LogP contribution is -2.41. The van der Waals surface area contributed by atoms with Gasteiger partial charge in [0.2, 0.25) is 0 Å². The van der Waals surface area contributed by atoms with Crippen molar-refractivity contribution in [2.24, 2.45) is 0 Å². The number of aromatic nitrogens is 1. The highest BCUT2D eigenvalue weighted by molar-refractivity contribution is 5.89. The van der Waals surface area contributed by atoms with Gasteiger partial charge in [-0.25, -0.2) is 0 Å². The minimum Gasteiger partial charge on any atom is -0.480 e. The lowest BCUT2D eigenvalue weighted by atomic mass is 10.0. The molecular weight excluding hydrogens is 272 g/mol. The van der Waals surface area contributed by atoms with E-state index in [-0.39, 0.29) is 0 Å². The molecule has 1 saturated heterocycles. The third kappa shape index (κ3) is 2.27. The molecule has 0 saturated carbocycles. The molecule has 0 aliphatic carbocycles. The molecule has 2 aromatic rings. The lowest BCUT2D eigenvalue weighted by Gasteiger charge is -2.27. The summed E-state index contributed by atoms with van der Waals surface area (Å²) in [5.74, 6) is -1.98. The van der Waals surface area contributed by atoms with E-state index in [0.717, 1.165) is 10.9 Å². The Balaban J connectivity index is 2.06. The highest BCUT2D eigenvalue weighted by Gasteiger charge is 2.40. The Morgan fingerprint density at radius 1 is 1.29 bits per heavy atom. The van der Waals surface area contributed by atoms with Crippen LogP contribution in [0, 0.1) is 0 Å². The number of aromatic amines is 1. The number of hydrogen-bond acceptors (Lipinski definition) is 3. The third-order valence-electron chi connectivity index (χ3n) is 4.06. The molecule has 2 heterocycles. The summed E-state index contributed by atoms with van der Waals surface area (Å²) < 4.78 is 0. The zero-order chi connectivity index (χ0) is 15.0. The number of benzene rings is 1. The second-order valence-electron chi connectivity index (χ2n) is 5.26. The molecule has 1 fully saturated rings. The first-order valence-corrected chi connectivity index (χ1v) is 6.87. The number of nitrogens with one attached hydrogen (secondary N) is 1. The van der Waals surface area contributed by atoms with Gasteiger partial charge in [0.25, 0.3) is 0 Å². The standard InChI is InChI=1S/C15H16N2O4/c18-14(19)12-6-3-7-17(12)13(15(20)21)10-8-16-11-5-2-1-4-9(10)11/h1-2,4-5,8,12-13,16H,3,6-7H2,(H,18,19)(H,20,21)/t12-,13?/m0/s1. The number of rotatable bonds is 4. The first kappa shape index (κ1) is 13.6. The number of likely N-dealkylation sites (tertiary alicyclic amines) is 1. The van der Waals surface area contributed by atoms with E-state index in [9.17, 15) is 19.8 Å². The number of para-hydroxylation sites is 1. The van der Waals surface area contributed by atoms with Crippen molar-refractivity contribution in [2.75, 3.05) is 6.54 Å². The maximum atomic E-state index is 11.7. The van der Waals surface area contributed by atoms with Gasteiger partial charge in [-0.3, -0.25) is 14.5 Å². The molecule has 1 aliphatic rings. The average Bonchev–Trinajstić information content (AvgIpc) is 3.07. The first-order chi connectivity index (χ1) is 10.1. The third-order valence-corrected chi connectivity index (χ3v) is 4.06. The summed E-state index contributed by atoms with van der Waals surface area (Å²) in [5, 5.41) is 19.7. The van der Waals surface area contributed by atoms with Gasteiger partial charge in [0.1, 0.15) is 12.1 Å². The highest BCUT2D eigenvalue weighted by Crippen LogP contribution is 2.33.